The van der Waals surface area contributed by atoms with Gasteiger partial charge >= 0.3 is 5.97 Å². The van der Waals surface area contributed by atoms with Crippen molar-refractivity contribution in [3.05, 3.63) is 64.1 Å². The number of thiocarbonyl (C=S) groups is 1. The highest BCUT2D eigenvalue weighted by Gasteiger charge is 2.26. The van der Waals surface area contributed by atoms with E-state index >= 15 is 0 Å². The lowest BCUT2D eigenvalue weighted by molar-refractivity contribution is -0.384. The summed E-state index contributed by atoms with van der Waals surface area (Å²) in [4.78, 5) is 38.7. The summed E-state index contributed by atoms with van der Waals surface area (Å²) in [6, 6.07) is 7.74. The summed E-state index contributed by atoms with van der Waals surface area (Å²) in [5.74, 6) is -0.427. The summed E-state index contributed by atoms with van der Waals surface area (Å²) < 4.78 is 10.0. The second-order valence-corrected chi connectivity index (χ2v) is 7.19. The molecule has 0 aliphatic carbocycles. The number of nitrogens with zero attached hydrogens (tertiary/aromatic N) is 3. The average molecular weight is 458 g/mol. The summed E-state index contributed by atoms with van der Waals surface area (Å²) >= 11 is 5.32. The van der Waals surface area contributed by atoms with Crippen LogP contribution in [0.3, 0.4) is 0 Å². The number of carbonyl (C=O) groups excluding carboxylic acids is 2. The minimum Gasteiger partial charge on any atom is -0.465 e. The van der Waals surface area contributed by atoms with Gasteiger partial charge < -0.3 is 19.0 Å². The van der Waals surface area contributed by atoms with Gasteiger partial charge in [0.25, 0.3) is 5.69 Å². The normalized spacial score (nSPS) is 13.8. The molecule has 0 radical (unpaired) electrons. The van der Waals surface area contributed by atoms with E-state index < -0.39 is 10.9 Å². The van der Waals surface area contributed by atoms with Crippen molar-refractivity contribution in [2.24, 2.45) is 0 Å². The molecule has 1 aliphatic heterocycles. The van der Waals surface area contributed by atoms with Crippen molar-refractivity contribution in [3.8, 4) is 0 Å². The van der Waals surface area contributed by atoms with Crippen LogP contribution in [0.15, 0.2) is 47.1 Å². The van der Waals surface area contributed by atoms with E-state index in [1.54, 1.807) is 25.1 Å². The fraction of sp³-hybridized carbons (Fsp3) is 0.286. The van der Waals surface area contributed by atoms with Gasteiger partial charge in [0, 0.05) is 38.3 Å². The lowest BCUT2D eigenvalue weighted by Gasteiger charge is -2.36. The molecule has 1 fully saturated rings. The van der Waals surface area contributed by atoms with Crippen molar-refractivity contribution < 1.29 is 23.7 Å². The summed E-state index contributed by atoms with van der Waals surface area (Å²) in [6.45, 7) is 3.71. The van der Waals surface area contributed by atoms with E-state index in [1.165, 1.54) is 30.5 Å². The van der Waals surface area contributed by atoms with E-state index in [9.17, 15) is 19.7 Å². The molecule has 0 saturated carbocycles. The van der Waals surface area contributed by atoms with Crippen LogP contribution in [0, 0.1) is 10.1 Å². The molecule has 3 rings (SSSR count). The van der Waals surface area contributed by atoms with E-state index in [4.69, 9.17) is 21.4 Å². The minimum atomic E-state index is -0.603. The molecular formula is C21H22N4O6S. The van der Waals surface area contributed by atoms with Gasteiger partial charge in [0.05, 0.1) is 23.4 Å². The molecule has 1 saturated heterocycles. The van der Waals surface area contributed by atoms with E-state index in [1.807, 2.05) is 9.80 Å². The molecular weight excluding hydrogens is 436 g/mol. The van der Waals surface area contributed by atoms with Crippen LogP contribution in [0.25, 0.3) is 6.08 Å². The number of hydrogen-bond acceptors (Lipinski definition) is 8. The molecule has 2 heterocycles. The first-order valence-electron chi connectivity index (χ1n) is 9.91. The number of furan rings is 1. The predicted octanol–water partition coefficient (Wildman–Crippen LogP) is 2.60. The zero-order chi connectivity index (χ0) is 23.1. The second-order valence-electron chi connectivity index (χ2n) is 6.80. The average Bonchev–Trinajstić information content (AvgIpc) is 3.31. The Morgan fingerprint density at radius 2 is 2.03 bits per heavy atom. The highest BCUT2D eigenvalue weighted by molar-refractivity contribution is 7.80. The summed E-state index contributed by atoms with van der Waals surface area (Å²) in [5, 5.41) is 14.5. The molecule has 1 amide bonds. The first kappa shape index (κ1) is 22.9. The third kappa shape index (κ3) is 5.70. The van der Waals surface area contributed by atoms with Gasteiger partial charge in [0.15, 0.2) is 5.11 Å². The van der Waals surface area contributed by atoms with Gasteiger partial charge in [-0.3, -0.25) is 20.2 Å². The zero-order valence-corrected chi connectivity index (χ0v) is 18.2. The van der Waals surface area contributed by atoms with E-state index in [0.717, 1.165) is 0 Å². The van der Waals surface area contributed by atoms with E-state index in [0.29, 0.717) is 37.6 Å². The van der Waals surface area contributed by atoms with Gasteiger partial charge in [-0.2, -0.15) is 0 Å². The number of nitro groups is 1. The summed E-state index contributed by atoms with van der Waals surface area (Å²) in [6.07, 6.45) is 4.38. The van der Waals surface area contributed by atoms with Crippen molar-refractivity contribution in [2.75, 3.05) is 37.7 Å². The van der Waals surface area contributed by atoms with Crippen LogP contribution in [0.4, 0.5) is 11.4 Å². The number of nitro benzene ring substituents is 1. The molecule has 0 atom stereocenters. The minimum absolute atomic E-state index is 0.132. The maximum absolute atomic E-state index is 12.1. The van der Waals surface area contributed by atoms with Crippen molar-refractivity contribution in [1.29, 1.82) is 0 Å². The Morgan fingerprint density at radius 1 is 1.28 bits per heavy atom. The number of rotatable bonds is 6. The largest absolute Gasteiger partial charge is 0.465 e. The highest BCUT2D eigenvalue weighted by atomic mass is 32.1. The fourth-order valence-electron chi connectivity index (χ4n) is 3.20. The molecule has 32 heavy (non-hydrogen) atoms. The molecule has 0 bridgehead atoms. The van der Waals surface area contributed by atoms with Gasteiger partial charge in [-0.25, -0.2) is 4.79 Å². The zero-order valence-electron chi connectivity index (χ0n) is 17.4. The van der Waals surface area contributed by atoms with E-state index in [-0.39, 0.29) is 28.9 Å². The number of amides is 1. The SMILES string of the molecule is CCOC(=O)c1ccc(N2CCN(C(=S)NC(=O)/C=C/c3ccco3)CC2)c([N+](=O)[O-])c1. The van der Waals surface area contributed by atoms with Crippen molar-refractivity contribution in [3.63, 3.8) is 0 Å². The van der Waals surface area contributed by atoms with Crippen LogP contribution in [-0.4, -0.2) is 59.6 Å². The number of benzene rings is 1. The number of nitrogens with one attached hydrogen (secondary N) is 1. The smallest absolute Gasteiger partial charge is 0.338 e. The first-order chi connectivity index (χ1) is 15.4. The molecule has 168 valence electrons. The Balaban J connectivity index is 1.60. The number of hydrogen-bond donors (Lipinski definition) is 1. The molecule has 1 aliphatic rings. The molecule has 10 nitrogen and oxygen atoms in total. The number of esters is 1. The van der Waals surface area contributed by atoms with Crippen LogP contribution in [-0.2, 0) is 9.53 Å². The fourth-order valence-corrected chi connectivity index (χ4v) is 3.48. The lowest BCUT2D eigenvalue weighted by atomic mass is 10.1. The number of ether oxygens (including phenoxy) is 1. The monoisotopic (exact) mass is 458 g/mol. The highest BCUT2D eigenvalue weighted by Crippen LogP contribution is 2.30. The topological polar surface area (TPSA) is 118 Å². The molecule has 0 unspecified atom stereocenters. The first-order valence-corrected chi connectivity index (χ1v) is 10.3. The maximum atomic E-state index is 12.1. The van der Waals surface area contributed by atoms with E-state index in [2.05, 4.69) is 5.32 Å². The molecule has 0 spiro atoms. The Labute approximate surface area is 189 Å². The maximum Gasteiger partial charge on any atom is 0.338 e. The molecule has 1 aromatic heterocycles. The molecule has 1 N–H and O–H groups in total. The third-order valence-electron chi connectivity index (χ3n) is 4.76. The van der Waals surface area contributed by atoms with Gasteiger partial charge in [0.2, 0.25) is 5.91 Å². The Hall–Kier alpha value is -3.73. The van der Waals surface area contributed by atoms with Gasteiger partial charge in [-0.1, -0.05) is 0 Å². The van der Waals surface area contributed by atoms with Crippen LogP contribution in [0.2, 0.25) is 0 Å². The van der Waals surface area contributed by atoms with Crippen molar-refractivity contribution in [2.45, 2.75) is 6.92 Å². The van der Waals surface area contributed by atoms with Gasteiger partial charge in [0.1, 0.15) is 11.4 Å². The molecule has 2 aromatic rings. The molecule has 11 heteroatoms. The number of piperazine rings is 1. The lowest BCUT2D eigenvalue weighted by Crippen LogP contribution is -2.52. The number of carbonyl (C=O) groups is 2. The third-order valence-corrected chi connectivity index (χ3v) is 5.12. The second kappa shape index (κ2) is 10.5. The Bertz CT molecular complexity index is 1030. The van der Waals surface area contributed by atoms with Crippen LogP contribution < -0.4 is 10.2 Å². The number of anilines is 1. The van der Waals surface area contributed by atoms with Gasteiger partial charge in [-0.05, 0) is 49.5 Å². The van der Waals surface area contributed by atoms with Crippen molar-refractivity contribution >= 4 is 46.7 Å². The van der Waals surface area contributed by atoms with Crippen LogP contribution >= 0.6 is 12.2 Å². The molecule has 1 aromatic carbocycles. The summed E-state index contributed by atoms with van der Waals surface area (Å²) in [5.41, 5.74) is 0.384. The quantitative estimate of drug-likeness (QED) is 0.229. The van der Waals surface area contributed by atoms with Crippen LogP contribution in [0.5, 0.6) is 0 Å². The van der Waals surface area contributed by atoms with Crippen LogP contribution in [0.1, 0.15) is 23.0 Å². The van der Waals surface area contributed by atoms with Gasteiger partial charge in [-0.15, -0.1) is 0 Å². The Kier molecular flexibility index (Phi) is 7.55. The summed E-state index contributed by atoms with van der Waals surface area (Å²) in [7, 11) is 0. The van der Waals surface area contributed by atoms with Crippen molar-refractivity contribution in [1.82, 2.24) is 10.2 Å². The Morgan fingerprint density at radius 3 is 2.66 bits per heavy atom. The standard InChI is InChI=1S/C21H22N4O6S/c1-2-30-20(27)15-5-7-17(18(14-15)25(28)29)23-9-11-24(12-10-23)21(32)22-19(26)8-6-16-4-3-13-31-16/h3-8,13-14H,2,9-12H2,1H3,(H,22,26,32)/b8-6+. The predicted molar refractivity (Wildman–Crippen MR) is 121 cm³/mol.